The molecule has 0 bridgehead atoms. The van der Waals surface area contributed by atoms with Crippen molar-refractivity contribution in [2.45, 2.75) is 4.90 Å². The molecule has 0 aliphatic heterocycles. The number of phenols is 1. The first kappa shape index (κ1) is 18.0. The summed E-state index contributed by atoms with van der Waals surface area (Å²) in [6.07, 6.45) is 0. The van der Waals surface area contributed by atoms with Gasteiger partial charge in [0.15, 0.2) is 0 Å². The largest absolute Gasteiger partial charge is 1.00 e. The van der Waals surface area contributed by atoms with Gasteiger partial charge in [-0.2, -0.15) is 0 Å². The Bertz CT molecular complexity index is 382. The molecule has 0 aromatic heterocycles. The van der Waals surface area contributed by atoms with Crippen LogP contribution in [-0.2, 0) is 11.1 Å². The molecule has 1 atom stereocenters. The number of phenolic OH excluding ortho intramolecular Hbond substituents is 1. The fourth-order valence-corrected chi connectivity index (χ4v) is 1.32. The molecule has 0 fully saturated rings. The summed E-state index contributed by atoms with van der Waals surface area (Å²) in [5, 5.41) is 19.3. The molecule has 0 saturated carbocycles. The van der Waals surface area contributed by atoms with Crippen molar-refractivity contribution >= 4 is 17.0 Å². The number of carbonyl (C=O) groups excluding carboxylic acids is 1. The van der Waals surface area contributed by atoms with E-state index in [1.54, 1.807) is 0 Å². The monoisotopic (exact) mass is 246 g/mol. The van der Waals surface area contributed by atoms with Crippen LogP contribution < -0.4 is 64.2 Å². The van der Waals surface area contributed by atoms with Crippen molar-refractivity contribution in [3.05, 3.63) is 23.8 Å². The van der Waals surface area contributed by atoms with E-state index in [1.807, 2.05) is 0 Å². The van der Waals surface area contributed by atoms with Gasteiger partial charge in [0.2, 0.25) is 0 Å². The van der Waals surface area contributed by atoms with Crippen LogP contribution in [0.25, 0.3) is 0 Å². The summed E-state index contributed by atoms with van der Waals surface area (Å²) in [7, 11) is 0. The van der Waals surface area contributed by atoms with Crippen molar-refractivity contribution in [1.82, 2.24) is 0 Å². The van der Waals surface area contributed by atoms with Crippen molar-refractivity contribution in [2.24, 2.45) is 0 Å². The summed E-state index contributed by atoms with van der Waals surface area (Å²) in [6.45, 7) is 0. The van der Waals surface area contributed by atoms with Crippen molar-refractivity contribution in [3.63, 3.8) is 0 Å². The molecule has 0 radical (unpaired) electrons. The van der Waals surface area contributed by atoms with Gasteiger partial charge < -0.3 is 19.6 Å². The van der Waals surface area contributed by atoms with E-state index >= 15 is 0 Å². The minimum absolute atomic E-state index is 0. The van der Waals surface area contributed by atoms with E-state index in [1.165, 1.54) is 0 Å². The van der Waals surface area contributed by atoms with Gasteiger partial charge in [-0.3, -0.25) is 4.21 Å². The number of aromatic carboxylic acids is 1. The van der Waals surface area contributed by atoms with Gasteiger partial charge in [-0.25, -0.2) is 0 Å². The summed E-state index contributed by atoms with van der Waals surface area (Å²) < 4.78 is 20.9. The topological polar surface area (TPSA) is 100 Å². The molecule has 70 valence electrons. The standard InChI is InChI=1S/C7H6O5S.2Na/c8-4-1-2-6(13(11)12)5(3-4)7(9)10;;/h1-3,8H,(H,9,10)(H,11,12);;/q;2*+1/p-2. The molecule has 0 saturated heterocycles. The molecule has 0 amide bonds. The maximum atomic E-state index is 10.5. The Balaban J connectivity index is 0. The van der Waals surface area contributed by atoms with Crippen molar-refractivity contribution < 1.29 is 82.9 Å². The molecule has 1 aromatic rings. The second-order valence-electron chi connectivity index (χ2n) is 2.20. The first-order chi connectivity index (χ1) is 6.02. The van der Waals surface area contributed by atoms with Crippen LogP contribution in [-0.4, -0.2) is 19.8 Å². The molecule has 1 rings (SSSR count). The Morgan fingerprint density at radius 3 is 2.27 bits per heavy atom. The van der Waals surface area contributed by atoms with E-state index in [2.05, 4.69) is 0 Å². The molecular formula is C7H4Na2O5S. The Labute approximate surface area is 133 Å². The van der Waals surface area contributed by atoms with Crippen LogP contribution in [0.5, 0.6) is 5.75 Å². The fraction of sp³-hybridized carbons (Fsp3) is 0. The number of rotatable bonds is 2. The Morgan fingerprint density at radius 1 is 1.33 bits per heavy atom. The first-order valence-electron chi connectivity index (χ1n) is 3.16. The van der Waals surface area contributed by atoms with Crippen LogP contribution >= 0.6 is 0 Å². The van der Waals surface area contributed by atoms with Crippen molar-refractivity contribution in [3.8, 4) is 5.75 Å². The van der Waals surface area contributed by atoms with Crippen LogP contribution in [0, 0.1) is 0 Å². The fourth-order valence-electron chi connectivity index (χ4n) is 0.823. The summed E-state index contributed by atoms with van der Waals surface area (Å²) in [5.74, 6) is -1.97. The third-order valence-corrected chi connectivity index (χ3v) is 2.08. The van der Waals surface area contributed by atoms with Gasteiger partial charge in [0.1, 0.15) is 5.75 Å². The molecule has 1 unspecified atom stereocenters. The number of benzene rings is 1. The zero-order chi connectivity index (χ0) is 10.0. The molecule has 8 heteroatoms. The summed E-state index contributed by atoms with van der Waals surface area (Å²) in [6, 6.07) is 2.89. The normalized spacial score (nSPS) is 10.7. The van der Waals surface area contributed by atoms with Gasteiger partial charge >= 0.3 is 59.1 Å². The Morgan fingerprint density at radius 2 is 1.87 bits per heavy atom. The molecule has 1 N–H and O–H groups in total. The average Bonchev–Trinajstić information content (AvgIpc) is 2.03. The van der Waals surface area contributed by atoms with Gasteiger partial charge in [0.05, 0.1) is 5.97 Å². The van der Waals surface area contributed by atoms with Gasteiger partial charge in [-0.15, -0.1) is 0 Å². The molecule has 15 heavy (non-hydrogen) atoms. The second-order valence-corrected chi connectivity index (χ2v) is 3.11. The molecule has 0 heterocycles. The Kier molecular flexibility index (Phi) is 9.36. The zero-order valence-corrected chi connectivity index (χ0v) is 13.0. The van der Waals surface area contributed by atoms with Crippen LogP contribution in [0.1, 0.15) is 10.4 Å². The number of aromatic hydroxyl groups is 1. The summed E-state index contributed by atoms with van der Waals surface area (Å²) in [5.41, 5.74) is -0.548. The average molecular weight is 246 g/mol. The van der Waals surface area contributed by atoms with E-state index in [0.717, 1.165) is 18.2 Å². The third kappa shape index (κ3) is 4.97. The molecule has 1 aromatic carbocycles. The maximum Gasteiger partial charge on any atom is 1.00 e. The van der Waals surface area contributed by atoms with E-state index in [-0.39, 0.29) is 64.9 Å². The zero-order valence-electron chi connectivity index (χ0n) is 8.22. The van der Waals surface area contributed by atoms with Crippen LogP contribution in [0.3, 0.4) is 0 Å². The number of carboxylic acid groups (broad SMARTS) is 1. The third-order valence-electron chi connectivity index (χ3n) is 1.36. The van der Waals surface area contributed by atoms with Gasteiger partial charge in [-0.1, -0.05) is 0 Å². The molecular weight excluding hydrogens is 242 g/mol. The van der Waals surface area contributed by atoms with Gasteiger partial charge in [0, 0.05) is 10.5 Å². The predicted octanol–water partition coefficient (Wildman–Crippen LogP) is -7.00. The smallest absolute Gasteiger partial charge is 0.768 e. The quantitative estimate of drug-likeness (QED) is 0.413. The van der Waals surface area contributed by atoms with E-state index in [4.69, 9.17) is 5.11 Å². The van der Waals surface area contributed by atoms with Crippen LogP contribution in [0.15, 0.2) is 23.1 Å². The maximum absolute atomic E-state index is 10.5. The van der Waals surface area contributed by atoms with Gasteiger partial charge in [0.25, 0.3) is 0 Å². The SMILES string of the molecule is O=C([O-])c1cc(O)ccc1S(=O)[O-].[Na+].[Na+]. The minimum atomic E-state index is -2.65. The predicted molar refractivity (Wildman–Crippen MR) is 39.6 cm³/mol. The van der Waals surface area contributed by atoms with Gasteiger partial charge in [-0.05, 0) is 29.3 Å². The number of carboxylic acids is 1. The summed E-state index contributed by atoms with van der Waals surface area (Å²) in [4.78, 5) is 9.98. The molecule has 0 aliphatic rings. The first-order valence-corrected chi connectivity index (χ1v) is 4.23. The Hall–Kier alpha value is 0.600. The second kappa shape index (κ2) is 7.81. The van der Waals surface area contributed by atoms with E-state index in [0.29, 0.717) is 0 Å². The van der Waals surface area contributed by atoms with Crippen LogP contribution in [0.4, 0.5) is 0 Å². The van der Waals surface area contributed by atoms with E-state index < -0.39 is 27.5 Å². The summed E-state index contributed by atoms with van der Waals surface area (Å²) >= 11 is -2.65. The number of carbonyl (C=O) groups is 1. The number of hydrogen-bond donors (Lipinski definition) is 1. The van der Waals surface area contributed by atoms with Crippen molar-refractivity contribution in [1.29, 1.82) is 0 Å². The molecule has 0 spiro atoms. The molecule has 0 aliphatic carbocycles. The number of hydrogen-bond acceptors (Lipinski definition) is 5. The minimum Gasteiger partial charge on any atom is -0.768 e. The van der Waals surface area contributed by atoms with E-state index in [9.17, 15) is 18.7 Å². The van der Waals surface area contributed by atoms with Crippen LogP contribution in [0.2, 0.25) is 0 Å². The molecule has 5 nitrogen and oxygen atoms in total. The van der Waals surface area contributed by atoms with Crippen molar-refractivity contribution in [2.75, 3.05) is 0 Å².